The Bertz CT molecular complexity index is 175. The highest BCUT2D eigenvalue weighted by Gasteiger charge is 2.24. The van der Waals surface area contributed by atoms with Crippen LogP contribution in [0.3, 0.4) is 0 Å². The summed E-state index contributed by atoms with van der Waals surface area (Å²) in [4.78, 5) is 10.8. The normalized spacial score (nSPS) is 12.6. The molecule has 1 atom stereocenters. The molecule has 0 aromatic rings. The maximum atomic E-state index is 10.8. The van der Waals surface area contributed by atoms with Crippen LogP contribution < -0.4 is 5.32 Å². The standard InChI is InChI=1S/C9H20NO4Si/c1-5-8(15(13-3)14-4)6-7-10-9(11)12-2/h8H,5-7H2,1-4H3,(H,10,11). The molecule has 0 bridgehead atoms. The Kier molecular flexibility index (Phi) is 8.35. The van der Waals surface area contributed by atoms with E-state index in [4.69, 9.17) is 8.85 Å². The molecule has 0 rings (SSSR count). The minimum absolute atomic E-state index is 0.377. The third-order valence-corrected chi connectivity index (χ3v) is 4.34. The van der Waals surface area contributed by atoms with Gasteiger partial charge in [0, 0.05) is 26.3 Å². The first-order chi connectivity index (χ1) is 7.19. The molecule has 0 aromatic heterocycles. The second kappa shape index (κ2) is 8.69. The number of carbonyl (C=O) groups excluding carboxylic acids is 1. The molecule has 15 heavy (non-hydrogen) atoms. The zero-order valence-corrected chi connectivity index (χ0v) is 10.8. The average molecular weight is 234 g/mol. The zero-order valence-electron chi connectivity index (χ0n) is 9.83. The quantitative estimate of drug-likeness (QED) is 0.674. The summed E-state index contributed by atoms with van der Waals surface area (Å²) in [6.45, 7) is 2.68. The predicted molar refractivity (Wildman–Crippen MR) is 58.8 cm³/mol. The van der Waals surface area contributed by atoms with Gasteiger partial charge in [0.2, 0.25) is 0 Å². The van der Waals surface area contributed by atoms with Crippen LogP contribution in [-0.2, 0) is 13.6 Å². The topological polar surface area (TPSA) is 56.8 Å². The number of ether oxygens (including phenoxy) is 1. The van der Waals surface area contributed by atoms with E-state index in [0.717, 1.165) is 12.8 Å². The highest BCUT2D eigenvalue weighted by molar-refractivity contribution is 6.46. The molecule has 1 amide bonds. The molecule has 0 aromatic carbocycles. The van der Waals surface area contributed by atoms with E-state index in [1.807, 2.05) is 0 Å². The van der Waals surface area contributed by atoms with Crippen LogP contribution in [0.1, 0.15) is 19.8 Å². The van der Waals surface area contributed by atoms with E-state index in [0.29, 0.717) is 12.1 Å². The molecule has 1 unspecified atom stereocenters. The Morgan fingerprint density at radius 2 is 1.93 bits per heavy atom. The molecule has 0 fully saturated rings. The van der Waals surface area contributed by atoms with Gasteiger partial charge in [0.1, 0.15) is 0 Å². The summed E-state index contributed by atoms with van der Waals surface area (Å²) >= 11 is 0. The van der Waals surface area contributed by atoms with E-state index in [1.165, 1.54) is 7.11 Å². The highest BCUT2D eigenvalue weighted by atomic mass is 28.3. The summed E-state index contributed by atoms with van der Waals surface area (Å²) in [6, 6.07) is 0. The molecule has 6 heteroatoms. The van der Waals surface area contributed by atoms with Gasteiger partial charge in [0.15, 0.2) is 0 Å². The molecule has 0 saturated carbocycles. The lowest BCUT2D eigenvalue weighted by Crippen LogP contribution is -2.30. The largest absolute Gasteiger partial charge is 0.453 e. The van der Waals surface area contributed by atoms with E-state index < -0.39 is 15.4 Å². The third kappa shape index (κ3) is 5.76. The Balaban J connectivity index is 3.83. The van der Waals surface area contributed by atoms with E-state index in [9.17, 15) is 4.79 Å². The minimum Gasteiger partial charge on any atom is -0.453 e. The van der Waals surface area contributed by atoms with Gasteiger partial charge in [-0.2, -0.15) is 0 Å². The molecular formula is C9H20NO4Si. The Hall–Kier alpha value is -0.593. The van der Waals surface area contributed by atoms with Crippen molar-refractivity contribution < 1.29 is 18.4 Å². The highest BCUT2D eigenvalue weighted by Crippen LogP contribution is 2.19. The summed E-state index contributed by atoms with van der Waals surface area (Å²) in [5, 5.41) is 2.64. The molecule has 0 aliphatic rings. The first-order valence-electron chi connectivity index (χ1n) is 4.96. The Morgan fingerprint density at radius 1 is 1.33 bits per heavy atom. The lowest BCUT2D eigenvalue weighted by atomic mass is 10.2. The fourth-order valence-corrected chi connectivity index (χ4v) is 2.87. The molecular weight excluding hydrogens is 214 g/mol. The number of nitrogens with one attached hydrogen (secondary N) is 1. The molecule has 0 saturated heterocycles. The van der Waals surface area contributed by atoms with Crippen LogP contribution in [0.5, 0.6) is 0 Å². The molecule has 0 spiro atoms. The van der Waals surface area contributed by atoms with Gasteiger partial charge in [-0.25, -0.2) is 4.79 Å². The number of alkyl carbamates (subject to hydrolysis) is 1. The first-order valence-corrected chi connectivity index (χ1v) is 6.35. The van der Waals surface area contributed by atoms with Gasteiger partial charge >= 0.3 is 15.4 Å². The number of rotatable bonds is 7. The van der Waals surface area contributed by atoms with Crippen LogP contribution in [0.25, 0.3) is 0 Å². The Labute approximate surface area is 92.9 Å². The molecule has 0 aliphatic heterocycles. The fourth-order valence-electron chi connectivity index (χ4n) is 1.33. The second-order valence-corrected chi connectivity index (χ2v) is 5.31. The van der Waals surface area contributed by atoms with E-state index in [-0.39, 0.29) is 0 Å². The van der Waals surface area contributed by atoms with Crippen molar-refractivity contribution >= 4 is 15.4 Å². The lowest BCUT2D eigenvalue weighted by Gasteiger charge is -2.19. The third-order valence-electron chi connectivity index (χ3n) is 2.18. The summed E-state index contributed by atoms with van der Waals surface area (Å²) in [6.07, 6.45) is 1.44. The van der Waals surface area contributed by atoms with Crippen molar-refractivity contribution in [2.45, 2.75) is 25.3 Å². The number of carbonyl (C=O) groups is 1. The zero-order chi connectivity index (χ0) is 11.7. The number of methoxy groups -OCH3 is 1. The van der Waals surface area contributed by atoms with Crippen molar-refractivity contribution in [3.05, 3.63) is 0 Å². The number of hydrogen-bond donors (Lipinski definition) is 1. The van der Waals surface area contributed by atoms with Gasteiger partial charge in [-0.1, -0.05) is 13.3 Å². The average Bonchev–Trinajstić information content (AvgIpc) is 2.27. The van der Waals surface area contributed by atoms with E-state index >= 15 is 0 Å². The van der Waals surface area contributed by atoms with Crippen molar-refractivity contribution in [3.8, 4) is 0 Å². The Morgan fingerprint density at radius 3 is 2.33 bits per heavy atom. The maximum Gasteiger partial charge on any atom is 0.406 e. The smallest absolute Gasteiger partial charge is 0.406 e. The van der Waals surface area contributed by atoms with Gasteiger partial charge in [-0.15, -0.1) is 0 Å². The fraction of sp³-hybridized carbons (Fsp3) is 0.889. The van der Waals surface area contributed by atoms with Gasteiger partial charge in [-0.05, 0) is 6.42 Å². The molecule has 0 aliphatic carbocycles. The monoisotopic (exact) mass is 234 g/mol. The lowest BCUT2D eigenvalue weighted by molar-refractivity contribution is 0.170. The van der Waals surface area contributed by atoms with Crippen molar-refractivity contribution in [2.24, 2.45) is 0 Å². The van der Waals surface area contributed by atoms with Gasteiger partial charge < -0.3 is 18.9 Å². The molecule has 5 nitrogen and oxygen atoms in total. The predicted octanol–water partition coefficient (Wildman–Crippen LogP) is 1.29. The molecule has 1 radical (unpaired) electrons. The maximum absolute atomic E-state index is 10.8. The summed E-state index contributed by atoms with van der Waals surface area (Å²) in [5.74, 6) is 0. The summed E-state index contributed by atoms with van der Waals surface area (Å²) in [5.41, 5.74) is 0.377. The van der Waals surface area contributed by atoms with Crippen molar-refractivity contribution in [3.63, 3.8) is 0 Å². The molecule has 89 valence electrons. The van der Waals surface area contributed by atoms with Crippen molar-refractivity contribution in [1.29, 1.82) is 0 Å². The summed E-state index contributed by atoms with van der Waals surface area (Å²) in [7, 11) is 3.47. The molecule has 1 N–H and O–H groups in total. The van der Waals surface area contributed by atoms with Gasteiger partial charge in [0.05, 0.1) is 7.11 Å². The first kappa shape index (κ1) is 14.4. The van der Waals surface area contributed by atoms with Gasteiger partial charge in [-0.3, -0.25) is 0 Å². The van der Waals surface area contributed by atoms with Crippen molar-refractivity contribution in [1.82, 2.24) is 5.32 Å². The van der Waals surface area contributed by atoms with Crippen LogP contribution in [-0.4, -0.2) is 43.3 Å². The van der Waals surface area contributed by atoms with Gasteiger partial charge in [0.25, 0.3) is 0 Å². The summed E-state index contributed by atoms with van der Waals surface area (Å²) < 4.78 is 15.0. The van der Waals surface area contributed by atoms with Crippen LogP contribution >= 0.6 is 0 Å². The van der Waals surface area contributed by atoms with Crippen LogP contribution in [0, 0.1) is 0 Å². The second-order valence-electron chi connectivity index (χ2n) is 3.04. The van der Waals surface area contributed by atoms with E-state index in [1.54, 1.807) is 14.2 Å². The number of hydrogen-bond acceptors (Lipinski definition) is 4. The van der Waals surface area contributed by atoms with Crippen LogP contribution in [0.4, 0.5) is 4.79 Å². The molecule has 0 heterocycles. The van der Waals surface area contributed by atoms with E-state index in [2.05, 4.69) is 17.0 Å². The van der Waals surface area contributed by atoms with Crippen LogP contribution in [0.2, 0.25) is 5.54 Å². The number of amides is 1. The SMILES string of the molecule is CCC(CCNC(=O)OC)[Si](OC)OC. The minimum atomic E-state index is -1.21. The van der Waals surface area contributed by atoms with Crippen LogP contribution in [0.15, 0.2) is 0 Å². The van der Waals surface area contributed by atoms with Crippen molar-refractivity contribution in [2.75, 3.05) is 27.9 Å².